The van der Waals surface area contributed by atoms with E-state index in [1.165, 1.54) is 0 Å². The van der Waals surface area contributed by atoms with Crippen molar-refractivity contribution in [2.75, 3.05) is 25.6 Å². The van der Waals surface area contributed by atoms with Gasteiger partial charge in [0.1, 0.15) is 18.9 Å². The van der Waals surface area contributed by atoms with E-state index in [2.05, 4.69) is 33.2 Å². The summed E-state index contributed by atoms with van der Waals surface area (Å²) < 4.78 is 31.0. The molecule has 4 rings (SSSR count). The molecule has 5 unspecified atom stereocenters. The summed E-state index contributed by atoms with van der Waals surface area (Å²) in [5.74, 6) is 0.229. The molecule has 3 aromatic rings. The van der Waals surface area contributed by atoms with Gasteiger partial charge >= 0.3 is 14.1 Å². The number of hydrogen-bond donors (Lipinski definition) is 3. The van der Waals surface area contributed by atoms with Gasteiger partial charge < -0.3 is 19.9 Å². The molecule has 13 nitrogen and oxygen atoms in total. The molecule has 5 atom stereocenters. The van der Waals surface area contributed by atoms with E-state index in [1.54, 1.807) is 54.2 Å². The van der Waals surface area contributed by atoms with Gasteiger partial charge in [-0.25, -0.2) is 4.98 Å². The van der Waals surface area contributed by atoms with Crippen molar-refractivity contribution in [2.45, 2.75) is 57.9 Å². The minimum atomic E-state index is -3.79. The SMILES string of the molecule is C=CCCCOC(=O)C(C)N[P+](O)(OCC1CC(C)C(n2cnc3c(OCCC=C)nc(N)nc32)O1)Oc1ccccc1. The number of nitrogens with two attached hydrogens (primary N) is 1. The lowest BCUT2D eigenvalue weighted by Gasteiger charge is -2.22. The Morgan fingerprint density at radius 3 is 2.77 bits per heavy atom. The first-order valence-corrected chi connectivity index (χ1v) is 15.8. The number of rotatable bonds is 17. The first-order valence-electron chi connectivity index (χ1n) is 14.2. The summed E-state index contributed by atoms with van der Waals surface area (Å²) in [5.41, 5.74) is 6.93. The number of fused-ring (bicyclic) bond motifs is 1. The Morgan fingerprint density at radius 1 is 1.26 bits per heavy atom. The van der Waals surface area contributed by atoms with Crippen molar-refractivity contribution in [3.8, 4) is 11.6 Å². The second kappa shape index (κ2) is 15.2. The van der Waals surface area contributed by atoms with Gasteiger partial charge in [-0.1, -0.05) is 42.4 Å². The van der Waals surface area contributed by atoms with Gasteiger partial charge in [0, 0.05) is 5.92 Å². The Labute approximate surface area is 251 Å². The number of para-hydroxylation sites is 1. The van der Waals surface area contributed by atoms with Crippen LogP contribution in [-0.2, 0) is 18.8 Å². The number of benzene rings is 1. The second-order valence-electron chi connectivity index (χ2n) is 10.2. The highest BCUT2D eigenvalue weighted by molar-refractivity contribution is 7.58. The highest BCUT2D eigenvalue weighted by Crippen LogP contribution is 2.53. The summed E-state index contributed by atoms with van der Waals surface area (Å²) in [4.78, 5) is 37.1. The number of anilines is 1. The third-order valence-electron chi connectivity index (χ3n) is 6.61. The Kier molecular flexibility index (Phi) is 11.4. The van der Waals surface area contributed by atoms with Gasteiger partial charge in [-0.3, -0.25) is 13.9 Å². The van der Waals surface area contributed by atoms with E-state index in [9.17, 15) is 9.69 Å². The molecule has 43 heavy (non-hydrogen) atoms. The van der Waals surface area contributed by atoms with E-state index in [0.717, 1.165) is 6.42 Å². The van der Waals surface area contributed by atoms with Crippen molar-refractivity contribution in [1.82, 2.24) is 24.6 Å². The van der Waals surface area contributed by atoms with Gasteiger partial charge in [0.05, 0.1) is 25.6 Å². The molecule has 232 valence electrons. The van der Waals surface area contributed by atoms with Gasteiger partial charge in [-0.2, -0.15) is 19.4 Å². The van der Waals surface area contributed by atoms with E-state index in [4.69, 9.17) is 29.0 Å². The maximum absolute atomic E-state index is 12.6. The minimum absolute atomic E-state index is 0.00821. The van der Waals surface area contributed by atoms with E-state index in [0.29, 0.717) is 48.7 Å². The number of imidazole rings is 1. The summed E-state index contributed by atoms with van der Waals surface area (Å²) in [5, 5.41) is 2.82. The lowest BCUT2D eigenvalue weighted by molar-refractivity contribution is -0.145. The molecular formula is C29H40N6O7P+. The lowest BCUT2D eigenvalue weighted by atomic mass is 10.1. The maximum atomic E-state index is 12.6. The molecule has 0 bridgehead atoms. The molecule has 1 fully saturated rings. The molecule has 1 saturated heterocycles. The fourth-order valence-corrected chi connectivity index (χ4v) is 6.07. The zero-order valence-electron chi connectivity index (χ0n) is 24.5. The number of esters is 1. The van der Waals surface area contributed by atoms with Crippen LogP contribution >= 0.6 is 8.09 Å². The average molecular weight is 616 g/mol. The van der Waals surface area contributed by atoms with E-state index in [1.807, 2.05) is 13.0 Å². The van der Waals surface area contributed by atoms with Crippen molar-refractivity contribution in [3.63, 3.8) is 0 Å². The van der Waals surface area contributed by atoms with E-state index < -0.39 is 32.4 Å². The van der Waals surface area contributed by atoms with Crippen molar-refractivity contribution < 1.29 is 32.9 Å². The zero-order chi connectivity index (χ0) is 30.8. The monoisotopic (exact) mass is 615 g/mol. The molecule has 1 aliphatic rings. The molecule has 2 aromatic heterocycles. The highest BCUT2D eigenvalue weighted by Gasteiger charge is 2.48. The van der Waals surface area contributed by atoms with Gasteiger partial charge in [-0.05, 0) is 44.7 Å². The number of nitrogen functional groups attached to an aromatic ring is 1. The molecule has 14 heteroatoms. The average Bonchev–Trinajstić information content (AvgIpc) is 3.57. The smallest absolute Gasteiger partial charge is 0.476 e. The van der Waals surface area contributed by atoms with Crippen LogP contribution in [-0.4, -0.2) is 62.3 Å². The number of hydrogen-bond acceptors (Lipinski definition) is 12. The molecule has 1 aliphatic heterocycles. The van der Waals surface area contributed by atoms with Crippen LogP contribution in [0.4, 0.5) is 5.95 Å². The summed E-state index contributed by atoms with van der Waals surface area (Å²) in [7, 11) is -3.79. The van der Waals surface area contributed by atoms with Crippen LogP contribution in [0.5, 0.6) is 11.6 Å². The fraction of sp³-hybridized carbons (Fsp3) is 0.448. The van der Waals surface area contributed by atoms with Crippen molar-refractivity contribution in [1.29, 1.82) is 0 Å². The predicted molar refractivity (Wildman–Crippen MR) is 163 cm³/mol. The van der Waals surface area contributed by atoms with Crippen molar-refractivity contribution >= 4 is 31.2 Å². The standard InChI is InChI=1S/C29H40N6O7P/c1-5-7-12-16-39-28(36)21(4)34-43(37,42-22-13-10-9-11-14-22)40-18-23-17-20(3)27(41-23)35-19-31-24-25(35)32-29(30)33-26(24)38-15-8-6-2/h5-6,9-11,13-14,19-21,23,27,34,37H,1-2,7-8,12,15-18H2,3-4H3,(H2,30,32,33)/q+1. The van der Waals surface area contributed by atoms with Crippen LogP contribution in [0.25, 0.3) is 11.2 Å². The van der Waals surface area contributed by atoms with Crippen LogP contribution in [0.3, 0.4) is 0 Å². The summed E-state index contributed by atoms with van der Waals surface area (Å²) in [6.45, 7) is 11.6. The molecule has 4 N–H and O–H groups in total. The topological polar surface area (TPSA) is 165 Å². The van der Waals surface area contributed by atoms with Gasteiger partial charge in [0.15, 0.2) is 16.9 Å². The lowest BCUT2D eigenvalue weighted by Crippen LogP contribution is -2.38. The summed E-state index contributed by atoms with van der Waals surface area (Å²) >= 11 is 0. The molecule has 1 aromatic carbocycles. The number of aromatic nitrogens is 4. The molecular weight excluding hydrogens is 575 g/mol. The van der Waals surface area contributed by atoms with Crippen molar-refractivity contribution in [3.05, 3.63) is 62.0 Å². The summed E-state index contributed by atoms with van der Waals surface area (Å²) in [6, 6.07) is 7.84. The Bertz CT molecular complexity index is 1380. The normalized spacial score (nSPS) is 20.3. The molecule has 0 radical (unpaired) electrons. The summed E-state index contributed by atoms with van der Waals surface area (Å²) in [6.07, 6.45) is 6.92. The van der Waals surface area contributed by atoms with Crippen LogP contribution in [0, 0.1) is 5.92 Å². The Morgan fingerprint density at radius 2 is 2.02 bits per heavy atom. The zero-order valence-corrected chi connectivity index (χ0v) is 25.4. The molecule has 0 spiro atoms. The number of allylic oxidation sites excluding steroid dienone is 1. The number of ether oxygens (including phenoxy) is 3. The third kappa shape index (κ3) is 8.71. The largest absolute Gasteiger partial charge is 0.544 e. The number of nitrogens with one attached hydrogen (secondary N) is 1. The molecule has 0 aliphatic carbocycles. The Hall–Kier alpha value is -3.61. The van der Waals surface area contributed by atoms with Crippen LogP contribution in [0.2, 0.25) is 0 Å². The first kappa shape index (κ1) is 32.3. The number of carbonyl (C=O) groups excluding carboxylic acids is 1. The highest BCUT2D eigenvalue weighted by atomic mass is 31.2. The first-order chi connectivity index (χ1) is 20.7. The number of nitrogens with zero attached hydrogens (tertiary/aromatic N) is 4. The molecule has 3 heterocycles. The van der Waals surface area contributed by atoms with Gasteiger partial charge in [-0.15, -0.1) is 13.2 Å². The molecule has 0 amide bonds. The van der Waals surface area contributed by atoms with Crippen LogP contribution in [0.1, 0.15) is 45.8 Å². The fourth-order valence-electron chi connectivity index (χ4n) is 4.52. The molecule has 0 saturated carbocycles. The van der Waals surface area contributed by atoms with Crippen LogP contribution < -0.4 is 20.1 Å². The quantitative estimate of drug-likeness (QED) is 0.0841. The van der Waals surface area contributed by atoms with Crippen LogP contribution in [0.15, 0.2) is 62.0 Å². The predicted octanol–water partition coefficient (Wildman–Crippen LogP) is 4.54. The number of unbranched alkanes of at least 4 members (excludes halogenated alkanes) is 1. The third-order valence-corrected chi connectivity index (χ3v) is 8.28. The van der Waals surface area contributed by atoms with Gasteiger partial charge in [0.25, 0.3) is 0 Å². The maximum Gasteiger partial charge on any atom is 0.544 e. The van der Waals surface area contributed by atoms with E-state index in [-0.39, 0.29) is 25.1 Å². The Balaban J connectivity index is 1.44. The van der Waals surface area contributed by atoms with E-state index >= 15 is 0 Å². The second-order valence-corrected chi connectivity index (χ2v) is 11.9. The number of carbonyl (C=O) groups is 1. The minimum Gasteiger partial charge on any atom is -0.476 e. The van der Waals surface area contributed by atoms with Crippen molar-refractivity contribution in [2.24, 2.45) is 5.92 Å². The van der Waals surface area contributed by atoms with Gasteiger partial charge in [0.2, 0.25) is 11.8 Å².